The van der Waals surface area contributed by atoms with Crippen molar-refractivity contribution in [1.82, 2.24) is 4.90 Å². The Labute approximate surface area is 199 Å². The van der Waals surface area contributed by atoms with E-state index < -0.39 is 0 Å². The van der Waals surface area contributed by atoms with Crippen molar-refractivity contribution in [1.29, 1.82) is 0 Å². The second-order valence-corrected chi connectivity index (χ2v) is 13.5. The van der Waals surface area contributed by atoms with E-state index in [-0.39, 0.29) is 16.2 Å². The fraction of sp³-hybridized carbons (Fsp3) is 0.897. The summed E-state index contributed by atoms with van der Waals surface area (Å²) in [5, 5.41) is 0. The van der Waals surface area contributed by atoms with Gasteiger partial charge >= 0.3 is 0 Å². The van der Waals surface area contributed by atoms with Crippen LogP contribution in [0.25, 0.3) is 0 Å². The van der Waals surface area contributed by atoms with E-state index in [0.29, 0.717) is 10.8 Å². The average Bonchev–Trinajstić information content (AvgIpc) is 2.49. The van der Waals surface area contributed by atoms with Crippen LogP contribution in [0.3, 0.4) is 0 Å². The van der Waals surface area contributed by atoms with Crippen LogP contribution in [0.5, 0.6) is 0 Å². The quantitative estimate of drug-likeness (QED) is 0.327. The Balaban J connectivity index is -0.00000184. The summed E-state index contributed by atoms with van der Waals surface area (Å²) in [7, 11) is 2.17. The molecule has 2 nitrogen and oxygen atoms in total. The minimum absolute atomic E-state index is 0.00106. The van der Waals surface area contributed by atoms with Gasteiger partial charge in [-0.2, -0.15) is 0 Å². The maximum absolute atomic E-state index is 4.45. The molecule has 0 fully saturated rings. The summed E-state index contributed by atoms with van der Waals surface area (Å²) < 4.78 is 0. The highest BCUT2D eigenvalue weighted by atomic mass is 15.1. The molecule has 0 saturated heterocycles. The van der Waals surface area contributed by atoms with E-state index in [0.717, 1.165) is 18.7 Å². The molecule has 0 aliphatic rings. The molecular formula is C29H62N2. The van der Waals surface area contributed by atoms with E-state index >= 15 is 0 Å². The van der Waals surface area contributed by atoms with Gasteiger partial charge in [0.15, 0.2) is 0 Å². The van der Waals surface area contributed by atoms with Gasteiger partial charge in [0.2, 0.25) is 0 Å². The molecule has 0 heterocycles. The molecule has 31 heavy (non-hydrogen) atoms. The van der Waals surface area contributed by atoms with Crippen LogP contribution in [0.2, 0.25) is 0 Å². The number of hydrogen-bond donors (Lipinski definition) is 0. The predicted octanol–water partition coefficient (Wildman–Crippen LogP) is 9.85. The lowest BCUT2D eigenvalue weighted by Crippen LogP contribution is -2.33. The summed E-state index contributed by atoms with van der Waals surface area (Å²) in [4.78, 5) is 6.77. The first kappa shape index (κ1) is 34.8. The Hall–Kier alpha value is -0.790. The molecule has 0 spiro atoms. The smallest absolute Gasteiger partial charge is 0.0610 e. The summed E-state index contributed by atoms with van der Waals surface area (Å²) >= 11 is 0. The molecule has 0 unspecified atom stereocenters. The summed E-state index contributed by atoms with van der Waals surface area (Å²) in [5.74, 6) is 0. The molecule has 0 radical (unpaired) electrons. The number of aliphatic imine (C=N–C) groups is 1. The molecule has 0 aromatic rings. The zero-order valence-electron chi connectivity index (χ0n) is 25.0. The number of allylic oxidation sites excluding steroid dienone is 1. The molecule has 0 amide bonds. The third kappa shape index (κ3) is 18.5. The summed E-state index contributed by atoms with van der Waals surface area (Å²) in [6.45, 7) is 41.0. The van der Waals surface area contributed by atoms with Gasteiger partial charge in [0.1, 0.15) is 0 Å². The van der Waals surface area contributed by atoms with Crippen LogP contribution in [-0.2, 0) is 0 Å². The van der Waals surface area contributed by atoms with Crippen LogP contribution in [0, 0.1) is 27.1 Å². The number of hydrogen-bond acceptors (Lipinski definition) is 2. The van der Waals surface area contributed by atoms with Crippen molar-refractivity contribution in [3.63, 3.8) is 0 Å². The van der Waals surface area contributed by atoms with Gasteiger partial charge in [-0.25, -0.2) is 0 Å². The first-order valence-electron chi connectivity index (χ1n) is 12.6. The van der Waals surface area contributed by atoms with Gasteiger partial charge in [0, 0.05) is 25.2 Å². The van der Waals surface area contributed by atoms with Gasteiger partial charge in [-0.3, -0.25) is 4.99 Å². The highest BCUT2D eigenvalue weighted by Gasteiger charge is 2.35. The minimum atomic E-state index is -0.00106. The molecule has 0 aliphatic carbocycles. The van der Waals surface area contributed by atoms with Crippen LogP contribution in [0.1, 0.15) is 130 Å². The van der Waals surface area contributed by atoms with E-state index in [1.54, 1.807) is 0 Å². The molecule has 0 saturated carbocycles. The van der Waals surface area contributed by atoms with Crippen LogP contribution >= 0.6 is 0 Å². The molecule has 0 aromatic carbocycles. The van der Waals surface area contributed by atoms with Gasteiger partial charge in [0.25, 0.3) is 0 Å². The van der Waals surface area contributed by atoms with E-state index in [4.69, 9.17) is 0 Å². The second-order valence-electron chi connectivity index (χ2n) is 13.5. The molecule has 188 valence electrons. The van der Waals surface area contributed by atoms with Crippen molar-refractivity contribution in [3.8, 4) is 0 Å². The van der Waals surface area contributed by atoms with Gasteiger partial charge in [-0.1, -0.05) is 111 Å². The number of rotatable bonds is 9. The minimum Gasteiger partial charge on any atom is -0.378 e. The van der Waals surface area contributed by atoms with Gasteiger partial charge in [-0.15, -0.1) is 0 Å². The average molecular weight is 439 g/mol. The molecule has 0 rings (SSSR count). The van der Waals surface area contributed by atoms with Crippen LogP contribution in [-0.4, -0.2) is 25.2 Å². The van der Waals surface area contributed by atoms with Crippen LogP contribution < -0.4 is 0 Å². The van der Waals surface area contributed by atoms with Gasteiger partial charge in [0.05, 0.1) is 5.70 Å². The van der Waals surface area contributed by atoms with E-state index in [1.165, 1.54) is 12.8 Å². The SMILES string of the molecule is C=N/C(=C\N(C)CC(C)(C)CC(C)(C)C)C(C)(C)CC(C)(C)CC(C)(C)C.CC.CC. The van der Waals surface area contributed by atoms with Crippen molar-refractivity contribution >= 4 is 6.72 Å². The molecule has 0 bridgehead atoms. The zero-order valence-corrected chi connectivity index (χ0v) is 25.0. The van der Waals surface area contributed by atoms with Crippen LogP contribution in [0.4, 0.5) is 0 Å². The molecule has 0 atom stereocenters. The third-order valence-corrected chi connectivity index (χ3v) is 4.82. The van der Waals surface area contributed by atoms with Gasteiger partial charge < -0.3 is 4.90 Å². The molecule has 0 N–H and O–H groups in total. The van der Waals surface area contributed by atoms with E-state index in [2.05, 4.69) is 113 Å². The second kappa shape index (κ2) is 13.7. The van der Waals surface area contributed by atoms with Crippen molar-refractivity contribution in [2.45, 2.75) is 130 Å². The highest BCUT2D eigenvalue weighted by Crippen LogP contribution is 2.45. The summed E-state index contributed by atoms with van der Waals surface area (Å²) in [6, 6.07) is 0. The maximum Gasteiger partial charge on any atom is 0.0610 e. The third-order valence-electron chi connectivity index (χ3n) is 4.82. The molecule has 0 aromatic heterocycles. The Bertz CT molecular complexity index is 508. The Morgan fingerprint density at radius 1 is 0.677 bits per heavy atom. The summed E-state index contributed by atoms with van der Waals surface area (Å²) in [6.07, 6.45) is 5.71. The Morgan fingerprint density at radius 3 is 1.35 bits per heavy atom. The molecule has 2 heteroatoms. The van der Waals surface area contributed by atoms with Crippen molar-refractivity contribution < 1.29 is 0 Å². The monoisotopic (exact) mass is 438 g/mol. The normalized spacial score (nSPS) is 13.5. The van der Waals surface area contributed by atoms with Crippen molar-refractivity contribution in [2.75, 3.05) is 13.6 Å². The van der Waals surface area contributed by atoms with Crippen LogP contribution in [0.15, 0.2) is 16.9 Å². The van der Waals surface area contributed by atoms with Gasteiger partial charge in [-0.05, 0) is 47.6 Å². The standard InChI is InChI=1S/C25H50N2.2C2H6/c1-21(2,3)16-23(7,8)18-25(11,12)20(26-13)15-27(14)19-24(9,10)17-22(4,5)6;2*1-2/h15H,13,16-19H2,1-12,14H3;2*1-2H3/b20-15-;;. The topological polar surface area (TPSA) is 15.6 Å². The molecule has 0 aliphatic heterocycles. The summed E-state index contributed by atoms with van der Waals surface area (Å²) in [5.41, 5.74) is 2.28. The predicted molar refractivity (Wildman–Crippen MR) is 147 cm³/mol. The van der Waals surface area contributed by atoms with Crippen molar-refractivity contribution in [2.24, 2.45) is 32.1 Å². The lowest BCUT2D eigenvalue weighted by Gasteiger charge is -2.40. The maximum atomic E-state index is 4.45. The largest absolute Gasteiger partial charge is 0.378 e. The Kier molecular flexibility index (Phi) is 15.4. The first-order chi connectivity index (χ1) is 13.7. The van der Waals surface area contributed by atoms with E-state index in [1.807, 2.05) is 27.7 Å². The lowest BCUT2D eigenvalue weighted by molar-refractivity contribution is 0.146. The Morgan fingerprint density at radius 2 is 1.03 bits per heavy atom. The number of nitrogens with zero attached hydrogens (tertiary/aromatic N) is 2. The first-order valence-corrected chi connectivity index (χ1v) is 12.6. The fourth-order valence-corrected chi connectivity index (χ4v) is 5.64. The van der Waals surface area contributed by atoms with Crippen molar-refractivity contribution in [3.05, 3.63) is 11.9 Å². The zero-order chi connectivity index (χ0) is 25.9. The highest BCUT2D eigenvalue weighted by molar-refractivity contribution is 5.31. The fourth-order valence-electron chi connectivity index (χ4n) is 5.64. The van der Waals surface area contributed by atoms with E-state index in [9.17, 15) is 0 Å². The lowest BCUT2D eigenvalue weighted by atomic mass is 9.67. The molecular weight excluding hydrogens is 376 g/mol.